The Labute approximate surface area is 151 Å². The van der Waals surface area contributed by atoms with Crippen LogP contribution in [0.15, 0.2) is 78.9 Å². The Kier molecular flexibility index (Phi) is 4.11. The molecule has 26 heavy (non-hydrogen) atoms. The zero-order valence-electron chi connectivity index (χ0n) is 13.9. The second kappa shape index (κ2) is 6.72. The molecular weight excluding hydrogens is 326 g/mol. The zero-order chi connectivity index (χ0) is 17.9. The minimum Gasteiger partial charge on any atom is -0.359 e. The van der Waals surface area contributed by atoms with Crippen molar-refractivity contribution in [2.24, 2.45) is 0 Å². The Hall–Kier alpha value is -3.60. The maximum absolute atomic E-state index is 13.1. The van der Waals surface area contributed by atoms with E-state index < -0.39 is 6.17 Å². The van der Waals surface area contributed by atoms with Gasteiger partial charge in [0, 0.05) is 11.3 Å². The molecule has 5 heteroatoms. The molecule has 2 N–H and O–H groups in total. The molecule has 0 aliphatic carbocycles. The van der Waals surface area contributed by atoms with Gasteiger partial charge in [0.15, 0.2) is 0 Å². The smallest absolute Gasteiger partial charge is 0.276 e. The minimum atomic E-state index is -0.404. The van der Waals surface area contributed by atoms with Crippen molar-refractivity contribution in [3.05, 3.63) is 95.6 Å². The molecule has 5 nitrogen and oxygen atoms in total. The molecule has 3 aromatic carbocycles. The molecule has 0 radical (unpaired) electrons. The second-order valence-electron chi connectivity index (χ2n) is 6.03. The fourth-order valence-electron chi connectivity index (χ4n) is 3.01. The lowest BCUT2D eigenvalue weighted by molar-refractivity contribution is 0.0733. The highest BCUT2D eigenvalue weighted by atomic mass is 16.2. The van der Waals surface area contributed by atoms with Gasteiger partial charge in [0.2, 0.25) is 0 Å². The number of anilines is 2. The van der Waals surface area contributed by atoms with Crippen LogP contribution in [-0.2, 0) is 0 Å². The summed E-state index contributed by atoms with van der Waals surface area (Å²) in [4.78, 5) is 24.0. The number of carbonyl (C=O) groups excluding carboxylic acids is 2. The van der Waals surface area contributed by atoms with Crippen LogP contribution in [0.1, 0.15) is 32.4 Å². The van der Waals surface area contributed by atoms with Crippen LogP contribution in [-0.4, -0.2) is 17.2 Å². The summed E-state index contributed by atoms with van der Waals surface area (Å²) in [5.41, 5.74) is 6.88. The molecule has 1 aliphatic heterocycles. The Morgan fingerprint density at radius 1 is 0.885 bits per heavy atom. The van der Waals surface area contributed by atoms with E-state index in [0.29, 0.717) is 11.1 Å². The Bertz CT molecular complexity index is 939. The number of rotatable bonds is 4. The summed E-state index contributed by atoms with van der Waals surface area (Å²) in [5, 5.41) is 4.98. The highest BCUT2D eigenvalue weighted by molar-refractivity contribution is 6.02. The summed E-state index contributed by atoms with van der Waals surface area (Å²) in [7, 11) is 0. The van der Waals surface area contributed by atoms with Gasteiger partial charge in [-0.15, -0.1) is 0 Å². The molecule has 0 aromatic heterocycles. The Balaban J connectivity index is 1.75. The Morgan fingerprint density at radius 2 is 1.58 bits per heavy atom. The monoisotopic (exact) mass is 343 g/mol. The molecule has 0 spiro atoms. The number of para-hydroxylation sites is 2. The number of hydrogen-bond donors (Lipinski definition) is 2. The average Bonchev–Trinajstić information content (AvgIpc) is 2.71. The highest BCUT2D eigenvalue weighted by Gasteiger charge is 2.33. The van der Waals surface area contributed by atoms with Crippen LogP contribution < -0.4 is 10.7 Å². The number of nitrogens with one attached hydrogen (secondary N) is 2. The molecule has 1 aliphatic rings. The van der Waals surface area contributed by atoms with Crippen LogP contribution in [0.25, 0.3) is 0 Å². The highest BCUT2D eigenvalue weighted by Crippen LogP contribution is 2.33. The summed E-state index contributed by atoms with van der Waals surface area (Å²) in [6.07, 6.45) is 0.400. The molecule has 0 fully saturated rings. The maximum atomic E-state index is 13.1. The molecule has 1 unspecified atom stereocenters. The SMILES string of the molecule is O=Cc1ccc(C2Nc3ccccc3C(=O)N2Nc2ccccc2)cc1. The fraction of sp³-hybridized carbons (Fsp3) is 0.0476. The van der Waals surface area contributed by atoms with Gasteiger partial charge in [0.25, 0.3) is 5.91 Å². The zero-order valence-corrected chi connectivity index (χ0v) is 13.9. The topological polar surface area (TPSA) is 61.4 Å². The number of benzene rings is 3. The fourth-order valence-corrected chi connectivity index (χ4v) is 3.01. The average molecular weight is 343 g/mol. The summed E-state index contributed by atoms with van der Waals surface area (Å²) in [6.45, 7) is 0. The first-order valence-corrected chi connectivity index (χ1v) is 8.32. The van der Waals surface area contributed by atoms with E-state index in [-0.39, 0.29) is 5.91 Å². The number of carbonyl (C=O) groups is 2. The number of amides is 1. The number of aldehydes is 1. The number of nitrogens with zero attached hydrogens (tertiary/aromatic N) is 1. The third-order valence-corrected chi connectivity index (χ3v) is 4.34. The van der Waals surface area contributed by atoms with Crippen LogP contribution in [0.4, 0.5) is 11.4 Å². The molecule has 3 aromatic rings. The maximum Gasteiger partial charge on any atom is 0.276 e. The van der Waals surface area contributed by atoms with Crippen molar-refractivity contribution in [2.45, 2.75) is 6.17 Å². The third kappa shape index (κ3) is 2.91. The van der Waals surface area contributed by atoms with Crippen LogP contribution in [0.2, 0.25) is 0 Å². The van der Waals surface area contributed by atoms with Gasteiger partial charge >= 0.3 is 0 Å². The van der Waals surface area contributed by atoms with Crippen LogP contribution in [0.5, 0.6) is 0 Å². The molecule has 4 rings (SSSR count). The number of hydrogen-bond acceptors (Lipinski definition) is 4. The van der Waals surface area contributed by atoms with E-state index in [9.17, 15) is 9.59 Å². The van der Waals surface area contributed by atoms with E-state index in [4.69, 9.17) is 0 Å². The van der Waals surface area contributed by atoms with Crippen molar-refractivity contribution in [3.8, 4) is 0 Å². The van der Waals surface area contributed by atoms with Gasteiger partial charge in [-0.25, -0.2) is 5.01 Å². The molecule has 0 bridgehead atoms. The molecule has 0 saturated carbocycles. The standard InChI is InChI=1S/C21H17N3O2/c25-14-15-10-12-16(13-11-15)20-22-19-9-5-4-8-18(19)21(26)24(20)23-17-6-2-1-3-7-17/h1-14,20,22-23H. The lowest BCUT2D eigenvalue weighted by atomic mass is 10.0. The molecule has 1 atom stereocenters. The van der Waals surface area contributed by atoms with Gasteiger partial charge in [-0.1, -0.05) is 54.6 Å². The summed E-state index contributed by atoms with van der Waals surface area (Å²) in [6, 6.07) is 24.2. The van der Waals surface area contributed by atoms with Gasteiger partial charge in [0.05, 0.1) is 11.3 Å². The molecule has 1 amide bonds. The second-order valence-corrected chi connectivity index (χ2v) is 6.03. The van der Waals surface area contributed by atoms with Gasteiger partial charge in [0.1, 0.15) is 12.5 Å². The van der Waals surface area contributed by atoms with E-state index in [1.807, 2.05) is 60.7 Å². The van der Waals surface area contributed by atoms with Crippen molar-refractivity contribution in [3.63, 3.8) is 0 Å². The Morgan fingerprint density at radius 3 is 2.31 bits per heavy atom. The third-order valence-electron chi connectivity index (χ3n) is 4.34. The lowest BCUT2D eigenvalue weighted by Gasteiger charge is -2.38. The van der Waals surface area contributed by atoms with Crippen molar-refractivity contribution in [1.82, 2.24) is 5.01 Å². The van der Waals surface area contributed by atoms with Crippen LogP contribution >= 0.6 is 0 Å². The first kappa shape index (κ1) is 15.9. The van der Waals surface area contributed by atoms with E-state index >= 15 is 0 Å². The molecule has 1 heterocycles. The predicted octanol–water partition coefficient (Wildman–Crippen LogP) is 4.09. The van der Waals surface area contributed by atoms with Crippen LogP contribution in [0.3, 0.4) is 0 Å². The molecule has 128 valence electrons. The van der Waals surface area contributed by atoms with E-state index in [0.717, 1.165) is 23.2 Å². The summed E-state index contributed by atoms with van der Waals surface area (Å²) >= 11 is 0. The van der Waals surface area contributed by atoms with Gasteiger partial charge in [-0.2, -0.15) is 0 Å². The van der Waals surface area contributed by atoms with Gasteiger partial charge in [-0.3, -0.25) is 15.0 Å². The van der Waals surface area contributed by atoms with E-state index in [1.165, 1.54) is 0 Å². The summed E-state index contributed by atoms with van der Waals surface area (Å²) < 4.78 is 0. The molecule has 0 saturated heterocycles. The van der Waals surface area contributed by atoms with Gasteiger partial charge in [-0.05, 0) is 29.8 Å². The largest absolute Gasteiger partial charge is 0.359 e. The summed E-state index contributed by atoms with van der Waals surface area (Å²) in [5.74, 6) is -0.118. The quantitative estimate of drug-likeness (QED) is 0.701. The number of hydrazine groups is 1. The van der Waals surface area contributed by atoms with Gasteiger partial charge < -0.3 is 5.32 Å². The predicted molar refractivity (Wildman–Crippen MR) is 101 cm³/mol. The number of fused-ring (bicyclic) bond motifs is 1. The van der Waals surface area contributed by atoms with E-state index in [2.05, 4.69) is 10.7 Å². The van der Waals surface area contributed by atoms with Crippen molar-refractivity contribution < 1.29 is 9.59 Å². The van der Waals surface area contributed by atoms with Crippen molar-refractivity contribution in [2.75, 3.05) is 10.7 Å². The lowest BCUT2D eigenvalue weighted by Crippen LogP contribution is -2.46. The van der Waals surface area contributed by atoms with E-state index in [1.54, 1.807) is 23.2 Å². The van der Waals surface area contributed by atoms with Crippen molar-refractivity contribution in [1.29, 1.82) is 0 Å². The first-order chi connectivity index (χ1) is 12.8. The first-order valence-electron chi connectivity index (χ1n) is 8.32. The minimum absolute atomic E-state index is 0.118. The molecular formula is C21H17N3O2. The van der Waals surface area contributed by atoms with Crippen LogP contribution in [0, 0.1) is 0 Å². The normalized spacial score (nSPS) is 15.8. The van der Waals surface area contributed by atoms with Crippen molar-refractivity contribution >= 4 is 23.6 Å².